The summed E-state index contributed by atoms with van der Waals surface area (Å²) >= 11 is 0. The molecule has 0 bridgehead atoms. The van der Waals surface area contributed by atoms with Gasteiger partial charge in [0.05, 0.1) is 18.5 Å². The van der Waals surface area contributed by atoms with Crippen LogP contribution in [-0.4, -0.2) is 39.8 Å². The molecule has 1 atom stereocenters. The van der Waals surface area contributed by atoms with Crippen molar-refractivity contribution >= 4 is 21.6 Å². The maximum Gasteiger partial charge on any atom is 0.243 e. The van der Waals surface area contributed by atoms with E-state index in [0.29, 0.717) is 5.75 Å². The highest BCUT2D eigenvalue weighted by Gasteiger charge is 2.29. The van der Waals surface area contributed by atoms with E-state index in [1.165, 1.54) is 25.1 Å². The molecule has 2 aromatic rings. The highest BCUT2D eigenvalue weighted by Crippen LogP contribution is 2.21. The number of halogens is 1. The molecule has 0 saturated carbocycles. The predicted octanol–water partition coefficient (Wildman–Crippen LogP) is 2.48. The molecule has 2 aromatic carbocycles. The molecule has 0 unspecified atom stereocenters. The lowest BCUT2D eigenvalue weighted by Gasteiger charge is -2.28. The Kier molecular flexibility index (Phi) is 6.79. The molecule has 27 heavy (non-hydrogen) atoms. The smallest absolute Gasteiger partial charge is 0.243 e. The van der Waals surface area contributed by atoms with Crippen molar-refractivity contribution in [3.05, 3.63) is 59.9 Å². The first-order valence-electron chi connectivity index (χ1n) is 8.40. The molecule has 6 nitrogen and oxygen atoms in total. The van der Waals surface area contributed by atoms with Crippen molar-refractivity contribution in [1.29, 1.82) is 0 Å². The predicted molar refractivity (Wildman–Crippen MR) is 103 cm³/mol. The minimum absolute atomic E-state index is 0.0936. The van der Waals surface area contributed by atoms with Gasteiger partial charge in [0, 0.05) is 0 Å². The zero-order chi connectivity index (χ0) is 20.0. The summed E-state index contributed by atoms with van der Waals surface area (Å²) in [7, 11) is -3.78. The number of anilines is 1. The van der Waals surface area contributed by atoms with E-state index in [1.54, 1.807) is 0 Å². The fraction of sp³-hybridized carbons (Fsp3) is 0.316. The van der Waals surface area contributed by atoms with Crippen LogP contribution < -0.4 is 14.4 Å². The zero-order valence-electron chi connectivity index (χ0n) is 15.5. The number of nitrogens with one attached hydrogen (secondary N) is 1. The van der Waals surface area contributed by atoms with Crippen LogP contribution in [0, 0.1) is 12.7 Å². The number of nitrogens with zero attached hydrogens (tertiary/aromatic N) is 1. The van der Waals surface area contributed by atoms with Gasteiger partial charge >= 0.3 is 0 Å². The average molecular weight is 394 g/mol. The first-order valence-corrected chi connectivity index (χ1v) is 10.3. The number of hydrogen-bond acceptors (Lipinski definition) is 4. The van der Waals surface area contributed by atoms with Crippen LogP contribution in [-0.2, 0) is 14.8 Å². The third-order valence-corrected chi connectivity index (χ3v) is 5.08. The second-order valence-corrected chi connectivity index (χ2v) is 8.03. The number of amides is 1. The van der Waals surface area contributed by atoms with Crippen molar-refractivity contribution < 1.29 is 22.3 Å². The Morgan fingerprint density at radius 3 is 2.48 bits per heavy atom. The number of sulfonamides is 1. The summed E-state index contributed by atoms with van der Waals surface area (Å²) in [6.45, 7) is 3.86. The summed E-state index contributed by atoms with van der Waals surface area (Å²) in [6, 6.07) is 11.6. The van der Waals surface area contributed by atoms with Crippen molar-refractivity contribution in [2.75, 3.05) is 23.7 Å². The van der Waals surface area contributed by atoms with Gasteiger partial charge in [0.15, 0.2) is 0 Å². The Labute approximate surface area is 159 Å². The van der Waals surface area contributed by atoms with Gasteiger partial charge in [-0.3, -0.25) is 9.10 Å². The number of carbonyl (C=O) groups excluding carboxylic acids is 1. The summed E-state index contributed by atoms with van der Waals surface area (Å²) in [6.07, 6.45) is 0.974. The van der Waals surface area contributed by atoms with Gasteiger partial charge in [0.2, 0.25) is 15.9 Å². The molecule has 0 heterocycles. The van der Waals surface area contributed by atoms with Crippen molar-refractivity contribution in [3.8, 4) is 5.75 Å². The van der Waals surface area contributed by atoms with Gasteiger partial charge in [0.1, 0.15) is 24.2 Å². The maximum absolute atomic E-state index is 13.5. The molecular weight excluding hydrogens is 371 g/mol. The Balaban J connectivity index is 1.97. The summed E-state index contributed by atoms with van der Waals surface area (Å²) in [5.41, 5.74) is 1.21. The van der Waals surface area contributed by atoms with E-state index < -0.39 is 27.8 Å². The van der Waals surface area contributed by atoms with E-state index in [2.05, 4.69) is 5.32 Å². The molecule has 0 saturated heterocycles. The van der Waals surface area contributed by atoms with E-state index in [0.717, 1.165) is 22.2 Å². The number of hydrogen-bond donors (Lipinski definition) is 1. The number of carbonyl (C=O) groups is 1. The van der Waals surface area contributed by atoms with Gasteiger partial charge in [-0.2, -0.15) is 0 Å². The monoisotopic (exact) mass is 394 g/mol. The second kappa shape index (κ2) is 8.85. The molecule has 0 radical (unpaired) electrons. The van der Waals surface area contributed by atoms with E-state index in [-0.39, 0.29) is 18.8 Å². The van der Waals surface area contributed by atoms with Gasteiger partial charge < -0.3 is 10.1 Å². The minimum atomic E-state index is -3.78. The van der Waals surface area contributed by atoms with E-state index in [4.69, 9.17) is 4.74 Å². The lowest BCUT2D eigenvalue weighted by atomic mass is 10.2. The fourth-order valence-electron chi connectivity index (χ4n) is 2.55. The van der Waals surface area contributed by atoms with Crippen LogP contribution in [0.1, 0.15) is 12.5 Å². The molecule has 1 N–H and O–H groups in total. The van der Waals surface area contributed by atoms with E-state index in [9.17, 15) is 17.6 Å². The Morgan fingerprint density at radius 2 is 1.89 bits per heavy atom. The van der Waals surface area contributed by atoms with Crippen molar-refractivity contribution in [2.24, 2.45) is 0 Å². The lowest BCUT2D eigenvalue weighted by molar-refractivity contribution is -0.121. The number of aryl methyl sites for hydroxylation is 1. The van der Waals surface area contributed by atoms with Crippen LogP contribution in [0.25, 0.3) is 0 Å². The quantitative estimate of drug-likeness (QED) is 0.698. The Morgan fingerprint density at radius 1 is 1.22 bits per heavy atom. The first kappa shape index (κ1) is 20.7. The molecule has 146 valence electrons. The Hall–Kier alpha value is -2.61. The van der Waals surface area contributed by atoms with Crippen LogP contribution >= 0.6 is 0 Å². The maximum atomic E-state index is 13.5. The standard InChI is InChI=1S/C19H23FN2O4S/c1-14-7-9-18(10-8-14)26-12-11-21-19(23)15(2)22(27(3,24)25)17-6-4-5-16(20)13-17/h4-10,13,15H,11-12H2,1-3H3,(H,21,23)/t15-/m0/s1. The number of benzene rings is 2. The Bertz CT molecular complexity index is 885. The van der Waals surface area contributed by atoms with Crippen molar-refractivity contribution in [2.45, 2.75) is 19.9 Å². The molecule has 0 spiro atoms. The summed E-state index contributed by atoms with van der Waals surface area (Å²) in [4.78, 5) is 12.4. The molecule has 2 rings (SSSR count). The van der Waals surface area contributed by atoms with Gasteiger partial charge in [-0.15, -0.1) is 0 Å². The molecule has 0 aliphatic carbocycles. The van der Waals surface area contributed by atoms with Crippen LogP contribution in [0.4, 0.5) is 10.1 Å². The molecule has 1 amide bonds. The number of ether oxygens (including phenoxy) is 1. The van der Waals surface area contributed by atoms with Crippen molar-refractivity contribution in [3.63, 3.8) is 0 Å². The van der Waals surface area contributed by atoms with Crippen molar-refractivity contribution in [1.82, 2.24) is 5.32 Å². The SMILES string of the molecule is Cc1ccc(OCCNC(=O)[C@H](C)N(c2cccc(F)c2)S(C)(=O)=O)cc1. The van der Waals surface area contributed by atoms with E-state index in [1.807, 2.05) is 31.2 Å². The molecule has 0 aliphatic heterocycles. The highest BCUT2D eigenvalue weighted by atomic mass is 32.2. The van der Waals surface area contributed by atoms with Gasteiger partial charge in [-0.05, 0) is 44.2 Å². The van der Waals surface area contributed by atoms with E-state index >= 15 is 0 Å². The molecule has 8 heteroatoms. The van der Waals surface area contributed by atoms with Gasteiger partial charge in [-0.25, -0.2) is 12.8 Å². The fourth-order valence-corrected chi connectivity index (χ4v) is 3.71. The van der Waals surface area contributed by atoms with Crippen LogP contribution in [0.5, 0.6) is 5.75 Å². The molecule has 0 aliphatic rings. The molecule has 0 fully saturated rings. The first-order chi connectivity index (χ1) is 12.7. The lowest BCUT2D eigenvalue weighted by Crippen LogP contribution is -2.48. The summed E-state index contributed by atoms with van der Waals surface area (Å²) in [5, 5.41) is 2.64. The summed E-state index contributed by atoms with van der Waals surface area (Å²) < 4.78 is 44.2. The molecule has 0 aromatic heterocycles. The third kappa shape index (κ3) is 5.96. The normalized spacial score (nSPS) is 12.3. The minimum Gasteiger partial charge on any atom is -0.492 e. The van der Waals surface area contributed by atoms with Crippen LogP contribution in [0.2, 0.25) is 0 Å². The van der Waals surface area contributed by atoms with Crippen LogP contribution in [0.15, 0.2) is 48.5 Å². The average Bonchev–Trinajstić information content (AvgIpc) is 2.59. The van der Waals surface area contributed by atoms with Gasteiger partial charge in [-0.1, -0.05) is 23.8 Å². The highest BCUT2D eigenvalue weighted by molar-refractivity contribution is 7.92. The largest absolute Gasteiger partial charge is 0.492 e. The van der Waals surface area contributed by atoms with Gasteiger partial charge in [0.25, 0.3) is 0 Å². The van der Waals surface area contributed by atoms with Crippen LogP contribution in [0.3, 0.4) is 0 Å². The number of rotatable bonds is 8. The summed E-state index contributed by atoms with van der Waals surface area (Å²) in [5.74, 6) is -0.405. The topological polar surface area (TPSA) is 75.7 Å². The third-order valence-electron chi connectivity index (χ3n) is 3.84. The molecular formula is C19H23FN2O4S. The zero-order valence-corrected chi connectivity index (χ0v) is 16.3. The second-order valence-electron chi connectivity index (χ2n) is 6.17.